The Kier molecular flexibility index (Phi) is 6.32. The maximum atomic E-state index is 12.3. The van der Waals surface area contributed by atoms with Gasteiger partial charge in [-0.25, -0.2) is 0 Å². The molecule has 106 valence electrons. The Bertz CT molecular complexity index is 420. The molecule has 1 amide bonds. The zero-order valence-electron chi connectivity index (χ0n) is 11.5. The van der Waals surface area contributed by atoms with Gasteiger partial charge >= 0.3 is 0 Å². The molecule has 1 unspecified atom stereocenters. The van der Waals surface area contributed by atoms with E-state index >= 15 is 0 Å². The number of fused-ring (bicyclic) bond motifs is 1. The minimum atomic E-state index is 0. The molecule has 0 aromatic heterocycles. The summed E-state index contributed by atoms with van der Waals surface area (Å²) in [5.74, 6) is 0.210. The molecule has 1 atom stereocenters. The summed E-state index contributed by atoms with van der Waals surface area (Å²) in [5, 5.41) is 0. The fraction of sp³-hybridized carbons (Fsp3) is 0.533. The molecule has 0 fully saturated rings. The molecule has 0 spiro atoms. The summed E-state index contributed by atoms with van der Waals surface area (Å²) in [6.45, 7) is 2.79. The number of hydrogen-bond donors (Lipinski definition) is 1. The van der Waals surface area contributed by atoms with Crippen LogP contribution in [0.1, 0.15) is 38.2 Å². The van der Waals surface area contributed by atoms with E-state index in [1.165, 1.54) is 5.56 Å². The first-order chi connectivity index (χ1) is 8.68. The SMILES string of the molecule is CC(N)CCC(=O)N1CCCCc2ccccc21.Cl. The third-order valence-electron chi connectivity index (χ3n) is 3.47. The molecule has 1 aromatic carbocycles. The van der Waals surface area contributed by atoms with Crippen LogP contribution in [0.15, 0.2) is 24.3 Å². The second-order valence-electron chi connectivity index (χ2n) is 5.15. The number of rotatable bonds is 3. The van der Waals surface area contributed by atoms with Crippen molar-refractivity contribution in [1.82, 2.24) is 0 Å². The van der Waals surface area contributed by atoms with Gasteiger partial charge in [-0.05, 0) is 44.2 Å². The number of para-hydroxylation sites is 1. The lowest BCUT2D eigenvalue weighted by Crippen LogP contribution is -2.32. The van der Waals surface area contributed by atoms with Gasteiger partial charge in [-0.3, -0.25) is 4.79 Å². The van der Waals surface area contributed by atoms with Crippen molar-refractivity contribution in [1.29, 1.82) is 0 Å². The van der Waals surface area contributed by atoms with E-state index in [2.05, 4.69) is 18.2 Å². The second kappa shape index (κ2) is 7.51. The molecule has 3 nitrogen and oxygen atoms in total. The Morgan fingerprint density at radius 1 is 1.37 bits per heavy atom. The average molecular weight is 283 g/mol. The molecule has 2 rings (SSSR count). The number of hydrogen-bond acceptors (Lipinski definition) is 2. The van der Waals surface area contributed by atoms with Crippen LogP contribution in [-0.4, -0.2) is 18.5 Å². The summed E-state index contributed by atoms with van der Waals surface area (Å²) in [7, 11) is 0. The number of halogens is 1. The highest BCUT2D eigenvalue weighted by Gasteiger charge is 2.20. The first-order valence-electron chi connectivity index (χ1n) is 6.82. The summed E-state index contributed by atoms with van der Waals surface area (Å²) in [6, 6.07) is 8.35. The van der Waals surface area contributed by atoms with Crippen molar-refractivity contribution in [2.75, 3.05) is 11.4 Å². The summed E-state index contributed by atoms with van der Waals surface area (Å²) in [5.41, 5.74) is 8.12. The summed E-state index contributed by atoms with van der Waals surface area (Å²) in [6.07, 6.45) is 4.63. The smallest absolute Gasteiger partial charge is 0.227 e. The van der Waals surface area contributed by atoms with Crippen LogP contribution in [0, 0.1) is 0 Å². The predicted octanol–water partition coefficient (Wildman–Crippen LogP) is 2.91. The van der Waals surface area contributed by atoms with Crippen LogP contribution in [0.5, 0.6) is 0 Å². The minimum absolute atomic E-state index is 0. The second-order valence-corrected chi connectivity index (χ2v) is 5.15. The van der Waals surface area contributed by atoms with E-state index < -0.39 is 0 Å². The van der Waals surface area contributed by atoms with E-state index in [0.717, 1.165) is 37.9 Å². The number of carbonyl (C=O) groups excluding carboxylic acids is 1. The van der Waals surface area contributed by atoms with Gasteiger partial charge in [-0.15, -0.1) is 12.4 Å². The fourth-order valence-electron chi connectivity index (χ4n) is 2.44. The van der Waals surface area contributed by atoms with Crippen molar-refractivity contribution in [3.8, 4) is 0 Å². The maximum absolute atomic E-state index is 12.3. The predicted molar refractivity (Wildman–Crippen MR) is 81.9 cm³/mol. The molecule has 0 radical (unpaired) electrons. The van der Waals surface area contributed by atoms with Gasteiger partial charge in [0, 0.05) is 24.7 Å². The summed E-state index contributed by atoms with van der Waals surface area (Å²) < 4.78 is 0. The Labute approximate surface area is 121 Å². The van der Waals surface area contributed by atoms with Crippen molar-refractivity contribution >= 4 is 24.0 Å². The van der Waals surface area contributed by atoms with E-state index in [-0.39, 0.29) is 24.4 Å². The largest absolute Gasteiger partial charge is 0.328 e. The minimum Gasteiger partial charge on any atom is -0.328 e. The van der Waals surface area contributed by atoms with E-state index in [1.54, 1.807) is 0 Å². The normalized spacial score (nSPS) is 16.0. The molecule has 1 aromatic rings. The lowest BCUT2D eigenvalue weighted by molar-refractivity contribution is -0.118. The number of aryl methyl sites for hydroxylation is 1. The molecule has 19 heavy (non-hydrogen) atoms. The maximum Gasteiger partial charge on any atom is 0.227 e. The molecular formula is C15H23ClN2O. The van der Waals surface area contributed by atoms with E-state index in [0.29, 0.717) is 6.42 Å². The lowest BCUT2D eigenvalue weighted by atomic mass is 10.1. The number of nitrogens with zero attached hydrogens (tertiary/aromatic N) is 1. The van der Waals surface area contributed by atoms with Crippen LogP contribution in [0.2, 0.25) is 0 Å². The quantitative estimate of drug-likeness (QED) is 0.927. The van der Waals surface area contributed by atoms with Crippen molar-refractivity contribution in [3.05, 3.63) is 29.8 Å². The standard InChI is InChI=1S/C15H22N2O.ClH/c1-12(16)9-10-15(18)17-11-5-4-7-13-6-2-3-8-14(13)17;/h2-3,6,8,12H,4-5,7,9-11,16H2,1H3;1H. The molecule has 0 saturated heterocycles. The first-order valence-corrected chi connectivity index (χ1v) is 6.82. The van der Waals surface area contributed by atoms with Crippen molar-refractivity contribution in [2.45, 2.75) is 45.1 Å². The van der Waals surface area contributed by atoms with Gasteiger partial charge in [-0.1, -0.05) is 18.2 Å². The highest BCUT2D eigenvalue weighted by Crippen LogP contribution is 2.26. The van der Waals surface area contributed by atoms with Crippen LogP contribution in [0.4, 0.5) is 5.69 Å². The third kappa shape index (κ3) is 4.22. The van der Waals surface area contributed by atoms with E-state index in [9.17, 15) is 4.79 Å². The van der Waals surface area contributed by atoms with Gasteiger partial charge in [-0.2, -0.15) is 0 Å². The van der Waals surface area contributed by atoms with E-state index in [1.807, 2.05) is 17.9 Å². The van der Waals surface area contributed by atoms with E-state index in [4.69, 9.17) is 5.73 Å². The third-order valence-corrected chi connectivity index (χ3v) is 3.47. The molecule has 2 N–H and O–H groups in total. The molecule has 1 aliphatic heterocycles. The van der Waals surface area contributed by atoms with Gasteiger partial charge in [0.2, 0.25) is 5.91 Å². The number of benzene rings is 1. The van der Waals surface area contributed by atoms with Crippen molar-refractivity contribution < 1.29 is 4.79 Å². The highest BCUT2D eigenvalue weighted by molar-refractivity contribution is 5.94. The fourth-order valence-corrected chi connectivity index (χ4v) is 2.44. The molecule has 0 bridgehead atoms. The summed E-state index contributed by atoms with van der Waals surface area (Å²) in [4.78, 5) is 14.2. The molecule has 0 aliphatic carbocycles. The number of nitrogens with two attached hydrogens (primary N) is 1. The van der Waals surface area contributed by atoms with Crippen molar-refractivity contribution in [2.24, 2.45) is 5.73 Å². The molecular weight excluding hydrogens is 260 g/mol. The van der Waals surface area contributed by atoms with Crippen LogP contribution in [-0.2, 0) is 11.2 Å². The zero-order chi connectivity index (χ0) is 13.0. The van der Waals surface area contributed by atoms with Gasteiger partial charge in [0.05, 0.1) is 0 Å². The molecule has 1 aliphatic rings. The Morgan fingerprint density at radius 2 is 2.11 bits per heavy atom. The summed E-state index contributed by atoms with van der Waals surface area (Å²) >= 11 is 0. The molecule has 4 heteroatoms. The van der Waals surface area contributed by atoms with Crippen LogP contribution < -0.4 is 10.6 Å². The number of amides is 1. The topological polar surface area (TPSA) is 46.3 Å². The Balaban J connectivity index is 0.00000180. The number of carbonyl (C=O) groups is 1. The first kappa shape index (κ1) is 16.0. The number of anilines is 1. The Morgan fingerprint density at radius 3 is 2.84 bits per heavy atom. The van der Waals surface area contributed by atoms with Crippen LogP contribution >= 0.6 is 12.4 Å². The molecule has 0 saturated carbocycles. The van der Waals surface area contributed by atoms with Gasteiger partial charge < -0.3 is 10.6 Å². The van der Waals surface area contributed by atoms with Gasteiger partial charge in [0.1, 0.15) is 0 Å². The zero-order valence-corrected chi connectivity index (χ0v) is 12.3. The highest BCUT2D eigenvalue weighted by atomic mass is 35.5. The Hall–Kier alpha value is -1.06. The van der Waals surface area contributed by atoms with Crippen LogP contribution in [0.25, 0.3) is 0 Å². The van der Waals surface area contributed by atoms with Crippen molar-refractivity contribution in [3.63, 3.8) is 0 Å². The lowest BCUT2D eigenvalue weighted by Gasteiger charge is -2.23. The monoisotopic (exact) mass is 282 g/mol. The van der Waals surface area contributed by atoms with Gasteiger partial charge in [0.25, 0.3) is 0 Å². The average Bonchev–Trinajstić information content (AvgIpc) is 2.58. The van der Waals surface area contributed by atoms with Gasteiger partial charge in [0.15, 0.2) is 0 Å². The van der Waals surface area contributed by atoms with Crippen LogP contribution in [0.3, 0.4) is 0 Å². The molecule has 1 heterocycles.